The topological polar surface area (TPSA) is 90.1 Å². The van der Waals surface area contributed by atoms with Crippen LogP contribution in [0.2, 0.25) is 0 Å². The molecule has 4 heterocycles. The lowest BCUT2D eigenvalue weighted by Crippen LogP contribution is -2.20. The van der Waals surface area contributed by atoms with Crippen LogP contribution in [0.25, 0.3) is 20.7 Å². The SMILES string of the molecule is NC(=O)CC1COC(CNc2ncnc3scc(-c4cccs4)c23)C1. The molecule has 0 spiro atoms. The summed E-state index contributed by atoms with van der Waals surface area (Å²) in [6.45, 7) is 1.24. The van der Waals surface area contributed by atoms with Gasteiger partial charge in [0.25, 0.3) is 0 Å². The molecule has 0 aromatic carbocycles. The third-order valence-corrected chi connectivity index (χ3v) is 6.10. The van der Waals surface area contributed by atoms with Gasteiger partial charge in [0.15, 0.2) is 0 Å². The number of carbonyl (C=O) groups excluding carboxylic acids is 1. The van der Waals surface area contributed by atoms with E-state index in [2.05, 4.69) is 32.1 Å². The first-order valence-electron chi connectivity index (χ1n) is 8.10. The summed E-state index contributed by atoms with van der Waals surface area (Å²) in [5.41, 5.74) is 6.44. The van der Waals surface area contributed by atoms with Gasteiger partial charge in [-0.05, 0) is 23.8 Å². The predicted octanol–water partition coefficient (Wildman–Crippen LogP) is 3.11. The zero-order valence-electron chi connectivity index (χ0n) is 13.5. The Balaban J connectivity index is 1.51. The minimum Gasteiger partial charge on any atom is -0.376 e. The van der Waals surface area contributed by atoms with Crippen molar-refractivity contribution < 1.29 is 9.53 Å². The molecule has 0 saturated carbocycles. The van der Waals surface area contributed by atoms with Crippen molar-refractivity contribution >= 4 is 44.6 Å². The average Bonchev–Trinajstić information content (AvgIpc) is 3.32. The summed E-state index contributed by atoms with van der Waals surface area (Å²) in [5, 5.41) is 8.67. The van der Waals surface area contributed by atoms with Gasteiger partial charge in [-0.15, -0.1) is 22.7 Å². The fourth-order valence-electron chi connectivity index (χ4n) is 3.18. The van der Waals surface area contributed by atoms with Gasteiger partial charge in [-0.1, -0.05) is 6.07 Å². The number of carbonyl (C=O) groups is 1. The molecule has 3 N–H and O–H groups in total. The van der Waals surface area contributed by atoms with Crippen LogP contribution < -0.4 is 11.1 Å². The van der Waals surface area contributed by atoms with Crippen LogP contribution >= 0.6 is 22.7 Å². The van der Waals surface area contributed by atoms with Crippen molar-refractivity contribution in [1.29, 1.82) is 0 Å². The molecular formula is C17H18N4O2S2. The van der Waals surface area contributed by atoms with Crippen molar-refractivity contribution in [1.82, 2.24) is 9.97 Å². The van der Waals surface area contributed by atoms with Crippen LogP contribution in [0, 0.1) is 5.92 Å². The molecule has 6 nitrogen and oxygen atoms in total. The number of hydrogen-bond donors (Lipinski definition) is 2. The average molecular weight is 374 g/mol. The molecule has 1 fully saturated rings. The fraction of sp³-hybridized carbons (Fsp3) is 0.353. The number of primary amides is 1. The molecule has 130 valence electrons. The van der Waals surface area contributed by atoms with Gasteiger partial charge in [-0.3, -0.25) is 4.79 Å². The molecule has 25 heavy (non-hydrogen) atoms. The van der Waals surface area contributed by atoms with E-state index in [1.165, 1.54) is 4.88 Å². The first-order chi connectivity index (χ1) is 12.2. The number of thiophene rings is 2. The Morgan fingerprint density at radius 3 is 3.12 bits per heavy atom. The molecule has 1 aliphatic rings. The van der Waals surface area contributed by atoms with Crippen LogP contribution in [0.1, 0.15) is 12.8 Å². The highest BCUT2D eigenvalue weighted by molar-refractivity contribution is 7.18. The first-order valence-corrected chi connectivity index (χ1v) is 9.86. The Labute approximate surface area is 153 Å². The summed E-state index contributed by atoms with van der Waals surface area (Å²) < 4.78 is 5.78. The molecule has 1 aliphatic heterocycles. The van der Waals surface area contributed by atoms with E-state index >= 15 is 0 Å². The van der Waals surface area contributed by atoms with E-state index in [1.807, 2.05) is 6.07 Å². The third-order valence-electron chi connectivity index (χ3n) is 4.31. The van der Waals surface area contributed by atoms with E-state index in [1.54, 1.807) is 29.0 Å². The lowest BCUT2D eigenvalue weighted by atomic mass is 10.0. The fourth-order valence-corrected chi connectivity index (χ4v) is 4.91. The Bertz CT molecular complexity index is 878. The van der Waals surface area contributed by atoms with Crippen molar-refractivity contribution in [2.45, 2.75) is 18.9 Å². The lowest BCUT2D eigenvalue weighted by Gasteiger charge is -2.12. The highest BCUT2D eigenvalue weighted by Gasteiger charge is 2.27. The van der Waals surface area contributed by atoms with E-state index in [0.717, 1.165) is 28.0 Å². The third kappa shape index (κ3) is 3.51. The summed E-state index contributed by atoms with van der Waals surface area (Å²) >= 11 is 3.33. The summed E-state index contributed by atoms with van der Waals surface area (Å²) in [6.07, 6.45) is 2.88. The molecule has 3 aromatic heterocycles. The molecule has 3 aromatic rings. The quantitative estimate of drug-likeness (QED) is 0.692. The molecule has 0 aliphatic carbocycles. The number of amides is 1. The van der Waals surface area contributed by atoms with Gasteiger partial charge in [-0.2, -0.15) is 0 Å². The monoisotopic (exact) mass is 374 g/mol. The summed E-state index contributed by atoms with van der Waals surface area (Å²) in [6, 6.07) is 4.16. The van der Waals surface area contributed by atoms with Crippen LogP contribution in [0.5, 0.6) is 0 Å². The summed E-state index contributed by atoms with van der Waals surface area (Å²) in [4.78, 5) is 22.1. The molecule has 2 unspecified atom stereocenters. The number of nitrogens with one attached hydrogen (secondary N) is 1. The first kappa shape index (κ1) is 16.4. The van der Waals surface area contributed by atoms with Gasteiger partial charge in [0.05, 0.1) is 18.1 Å². The van der Waals surface area contributed by atoms with Gasteiger partial charge in [0.1, 0.15) is 17.0 Å². The maximum Gasteiger partial charge on any atom is 0.217 e. The highest BCUT2D eigenvalue weighted by Crippen LogP contribution is 2.38. The lowest BCUT2D eigenvalue weighted by molar-refractivity contribution is -0.118. The molecule has 1 saturated heterocycles. The molecule has 0 bridgehead atoms. The number of ether oxygens (including phenoxy) is 1. The number of aromatic nitrogens is 2. The van der Waals surface area contributed by atoms with E-state index in [0.29, 0.717) is 19.6 Å². The van der Waals surface area contributed by atoms with E-state index in [-0.39, 0.29) is 17.9 Å². The largest absolute Gasteiger partial charge is 0.376 e. The van der Waals surface area contributed by atoms with Gasteiger partial charge in [-0.25, -0.2) is 9.97 Å². The molecule has 4 rings (SSSR count). The zero-order valence-corrected chi connectivity index (χ0v) is 15.1. The second-order valence-electron chi connectivity index (χ2n) is 6.14. The minimum absolute atomic E-state index is 0.0678. The number of hydrogen-bond acceptors (Lipinski definition) is 7. The predicted molar refractivity (Wildman–Crippen MR) is 101 cm³/mol. The van der Waals surface area contributed by atoms with E-state index < -0.39 is 0 Å². The molecular weight excluding hydrogens is 356 g/mol. The van der Waals surface area contributed by atoms with Crippen molar-refractivity contribution in [2.24, 2.45) is 11.7 Å². The number of rotatable bonds is 6. The minimum atomic E-state index is -0.265. The molecule has 2 atom stereocenters. The molecule has 0 radical (unpaired) electrons. The standard InChI is InChI=1S/C17H18N4O2S2/c18-14(22)5-10-4-11(23-7-10)6-19-16-15-12(13-2-1-3-24-13)8-25-17(15)21-9-20-16/h1-3,8-11H,4-7H2,(H2,18,22)(H,19,20,21). The van der Waals surface area contributed by atoms with Crippen LogP contribution in [0.15, 0.2) is 29.2 Å². The van der Waals surface area contributed by atoms with E-state index in [4.69, 9.17) is 10.5 Å². The number of nitrogens with two attached hydrogens (primary N) is 1. The van der Waals surface area contributed by atoms with Gasteiger partial charge >= 0.3 is 0 Å². The van der Waals surface area contributed by atoms with Gasteiger partial charge in [0, 0.05) is 28.8 Å². The van der Waals surface area contributed by atoms with Crippen molar-refractivity contribution in [3.05, 3.63) is 29.2 Å². The van der Waals surface area contributed by atoms with Crippen LogP contribution in [0.3, 0.4) is 0 Å². The Morgan fingerprint density at radius 1 is 1.40 bits per heavy atom. The van der Waals surface area contributed by atoms with Crippen molar-refractivity contribution in [3.8, 4) is 10.4 Å². The summed E-state index contributed by atoms with van der Waals surface area (Å²) in [5.74, 6) is 0.785. The Kier molecular flexibility index (Phi) is 4.65. The summed E-state index contributed by atoms with van der Waals surface area (Å²) in [7, 11) is 0. The van der Waals surface area contributed by atoms with Crippen LogP contribution in [-0.2, 0) is 9.53 Å². The number of nitrogens with zero attached hydrogens (tertiary/aromatic N) is 2. The van der Waals surface area contributed by atoms with Gasteiger partial charge in [0.2, 0.25) is 5.91 Å². The molecule has 8 heteroatoms. The smallest absolute Gasteiger partial charge is 0.217 e. The second kappa shape index (κ2) is 7.07. The van der Waals surface area contributed by atoms with Crippen molar-refractivity contribution in [2.75, 3.05) is 18.5 Å². The number of fused-ring (bicyclic) bond motifs is 1. The normalized spacial score (nSPS) is 20.2. The second-order valence-corrected chi connectivity index (χ2v) is 7.94. The Hall–Kier alpha value is -2.03. The zero-order chi connectivity index (χ0) is 17.2. The maximum absolute atomic E-state index is 11.0. The maximum atomic E-state index is 11.0. The Morgan fingerprint density at radius 2 is 2.32 bits per heavy atom. The van der Waals surface area contributed by atoms with Crippen molar-refractivity contribution in [3.63, 3.8) is 0 Å². The van der Waals surface area contributed by atoms with Crippen LogP contribution in [0.4, 0.5) is 5.82 Å². The number of anilines is 1. The van der Waals surface area contributed by atoms with E-state index in [9.17, 15) is 4.79 Å². The van der Waals surface area contributed by atoms with Gasteiger partial charge < -0.3 is 15.8 Å². The van der Waals surface area contributed by atoms with Crippen LogP contribution in [-0.4, -0.2) is 35.1 Å². The highest BCUT2D eigenvalue weighted by atomic mass is 32.1. The molecule has 1 amide bonds.